The van der Waals surface area contributed by atoms with E-state index in [1.54, 1.807) is 17.2 Å². The predicted octanol–water partition coefficient (Wildman–Crippen LogP) is 4.76. The van der Waals surface area contributed by atoms with Crippen molar-refractivity contribution in [2.24, 2.45) is 5.92 Å². The lowest BCUT2D eigenvalue weighted by molar-refractivity contribution is -0.137. The third kappa shape index (κ3) is 3.23. The second-order valence-corrected chi connectivity index (χ2v) is 7.63. The van der Waals surface area contributed by atoms with E-state index in [9.17, 15) is 22.8 Å². The molecular weight excluding hydrogens is 421 g/mol. The second kappa shape index (κ2) is 7.49. The zero-order valence-corrected chi connectivity index (χ0v) is 16.6. The molecule has 32 heavy (non-hydrogen) atoms. The first-order valence-corrected chi connectivity index (χ1v) is 9.97. The Labute approximate surface area is 181 Å². The molecule has 3 aromatic carbocycles. The minimum absolute atomic E-state index is 0.120. The summed E-state index contributed by atoms with van der Waals surface area (Å²) in [6, 6.07) is 21.8. The van der Waals surface area contributed by atoms with E-state index in [0.29, 0.717) is 5.69 Å². The van der Waals surface area contributed by atoms with Gasteiger partial charge in [-0.05, 0) is 35.9 Å². The topological polar surface area (TPSA) is 49.9 Å². The fraction of sp³-hybridized carbons (Fsp3) is 0.167. The van der Waals surface area contributed by atoms with Crippen LogP contribution >= 0.6 is 0 Å². The molecule has 0 bridgehead atoms. The number of amides is 2. The Morgan fingerprint density at radius 2 is 1.38 bits per heavy atom. The zero-order valence-electron chi connectivity index (χ0n) is 16.6. The van der Waals surface area contributed by atoms with Crippen molar-refractivity contribution in [3.05, 3.63) is 96.1 Å². The first kappa shape index (κ1) is 20.3. The molecule has 2 aliphatic rings. The summed E-state index contributed by atoms with van der Waals surface area (Å²) in [5, 5.41) is 1.55. The summed E-state index contributed by atoms with van der Waals surface area (Å²) in [6.07, 6.45) is -5.73. The van der Waals surface area contributed by atoms with Crippen molar-refractivity contribution < 1.29 is 27.6 Å². The van der Waals surface area contributed by atoms with Gasteiger partial charge in [-0.1, -0.05) is 54.6 Å². The quantitative estimate of drug-likeness (QED) is 0.554. The third-order valence-electron chi connectivity index (χ3n) is 5.70. The molecule has 162 valence electrons. The number of anilines is 2. The van der Waals surface area contributed by atoms with Crippen LogP contribution in [0.2, 0.25) is 0 Å². The maximum absolute atomic E-state index is 13.4. The molecule has 2 heterocycles. The van der Waals surface area contributed by atoms with Crippen molar-refractivity contribution in [2.45, 2.75) is 18.3 Å². The molecule has 0 radical (unpaired) electrons. The molecule has 0 N–H and O–H groups in total. The van der Waals surface area contributed by atoms with Gasteiger partial charge in [-0.25, -0.2) is 9.96 Å². The number of hydrogen-bond donors (Lipinski definition) is 0. The molecule has 8 heteroatoms. The van der Waals surface area contributed by atoms with Crippen LogP contribution in [-0.4, -0.2) is 17.9 Å². The standard InChI is InChI=1S/C24H17F3N2O3/c25-24(26,27)16-10-7-13-18(14-16)28-22(30)19-20(15-8-3-1-4-9-15)29(32-21(19)23(28)31)17-11-5-2-6-12-17/h1-14,19-21H/t19-,20-,21-/m0/s1. The highest BCUT2D eigenvalue weighted by Gasteiger charge is 2.60. The monoisotopic (exact) mass is 438 g/mol. The number of para-hydroxylation sites is 1. The van der Waals surface area contributed by atoms with Gasteiger partial charge in [0.1, 0.15) is 5.92 Å². The van der Waals surface area contributed by atoms with E-state index in [0.717, 1.165) is 22.6 Å². The normalized spacial score (nSPS) is 23.0. The van der Waals surface area contributed by atoms with Crippen molar-refractivity contribution in [1.82, 2.24) is 0 Å². The minimum atomic E-state index is -4.59. The van der Waals surface area contributed by atoms with Gasteiger partial charge < -0.3 is 0 Å². The second-order valence-electron chi connectivity index (χ2n) is 7.63. The summed E-state index contributed by atoms with van der Waals surface area (Å²) in [4.78, 5) is 33.4. The van der Waals surface area contributed by atoms with E-state index >= 15 is 0 Å². The first-order chi connectivity index (χ1) is 15.4. The average molecular weight is 438 g/mol. The van der Waals surface area contributed by atoms with Gasteiger partial charge in [-0.2, -0.15) is 13.2 Å². The maximum Gasteiger partial charge on any atom is 0.416 e. The Hall–Kier alpha value is -3.65. The molecule has 2 amide bonds. The summed E-state index contributed by atoms with van der Waals surface area (Å²) in [5.74, 6) is -2.18. The number of fused-ring (bicyclic) bond motifs is 1. The Morgan fingerprint density at radius 1 is 0.750 bits per heavy atom. The van der Waals surface area contributed by atoms with Crippen LogP contribution in [0.25, 0.3) is 0 Å². The van der Waals surface area contributed by atoms with E-state index < -0.39 is 41.6 Å². The molecule has 5 nitrogen and oxygen atoms in total. The number of benzene rings is 3. The first-order valence-electron chi connectivity index (χ1n) is 9.97. The Balaban J connectivity index is 1.56. The highest BCUT2D eigenvalue weighted by molar-refractivity contribution is 6.24. The summed E-state index contributed by atoms with van der Waals surface area (Å²) < 4.78 is 39.5. The molecule has 2 aliphatic heterocycles. The van der Waals surface area contributed by atoms with Gasteiger partial charge in [0.05, 0.1) is 23.0 Å². The number of halogens is 3. The number of carbonyl (C=O) groups is 2. The average Bonchev–Trinajstić information content (AvgIpc) is 3.30. The number of carbonyl (C=O) groups excluding carboxylic acids is 2. The summed E-state index contributed by atoms with van der Waals surface area (Å²) in [6.45, 7) is 0. The van der Waals surface area contributed by atoms with E-state index in [1.165, 1.54) is 12.1 Å². The fourth-order valence-corrected chi connectivity index (χ4v) is 4.28. The summed E-state index contributed by atoms with van der Waals surface area (Å²) >= 11 is 0. The van der Waals surface area contributed by atoms with Crippen molar-refractivity contribution in [1.29, 1.82) is 0 Å². The minimum Gasteiger partial charge on any atom is -0.273 e. The van der Waals surface area contributed by atoms with Gasteiger partial charge in [-0.3, -0.25) is 14.4 Å². The van der Waals surface area contributed by atoms with Crippen molar-refractivity contribution in [2.75, 3.05) is 9.96 Å². The van der Waals surface area contributed by atoms with Crippen molar-refractivity contribution >= 4 is 23.2 Å². The lowest BCUT2D eigenvalue weighted by Crippen LogP contribution is -2.37. The number of nitrogens with zero attached hydrogens (tertiary/aromatic N) is 2. The van der Waals surface area contributed by atoms with Gasteiger partial charge >= 0.3 is 6.18 Å². The van der Waals surface area contributed by atoms with E-state index in [2.05, 4.69) is 0 Å². The van der Waals surface area contributed by atoms with Crippen molar-refractivity contribution in [3.63, 3.8) is 0 Å². The number of hydrogen-bond acceptors (Lipinski definition) is 4. The predicted molar refractivity (Wildman–Crippen MR) is 110 cm³/mol. The Morgan fingerprint density at radius 3 is 2.03 bits per heavy atom. The molecule has 3 atom stereocenters. The molecule has 0 spiro atoms. The molecule has 2 saturated heterocycles. The van der Waals surface area contributed by atoms with Gasteiger partial charge in [0.2, 0.25) is 5.91 Å². The largest absolute Gasteiger partial charge is 0.416 e. The number of alkyl halides is 3. The highest BCUT2D eigenvalue weighted by atomic mass is 19.4. The number of rotatable bonds is 3. The van der Waals surface area contributed by atoms with Gasteiger partial charge in [-0.15, -0.1) is 0 Å². The lowest BCUT2D eigenvalue weighted by Gasteiger charge is -2.28. The molecule has 0 saturated carbocycles. The molecule has 0 aliphatic carbocycles. The van der Waals surface area contributed by atoms with Crippen LogP contribution in [0.1, 0.15) is 17.2 Å². The summed E-state index contributed by atoms with van der Waals surface area (Å²) in [5.41, 5.74) is 0.378. The van der Waals surface area contributed by atoms with Crippen LogP contribution < -0.4 is 9.96 Å². The molecule has 3 aromatic rings. The van der Waals surface area contributed by atoms with E-state index in [-0.39, 0.29) is 5.69 Å². The van der Waals surface area contributed by atoms with Crippen LogP contribution in [0.4, 0.5) is 24.5 Å². The van der Waals surface area contributed by atoms with Crippen molar-refractivity contribution in [3.8, 4) is 0 Å². The zero-order chi connectivity index (χ0) is 22.5. The smallest absolute Gasteiger partial charge is 0.273 e. The molecule has 5 rings (SSSR count). The molecular formula is C24H17F3N2O3. The Kier molecular flexibility index (Phi) is 4.74. The van der Waals surface area contributed by atoms with Gasteiger partial charge in [0.25, 0.3) is 5.91 Å². The summed E-state index contributed by atoms with van der Waals surface area (Å²) in [7, 11) is 0. The van der Waals surface area contributed by atoms with E-state index in [4.69, 9.17) is 4.84 Å². The number of imide groups is 1. The third-order valence-corrected chi connectivity index (χ3v) is 5.70. The fourth-order valence-electron chi connectivity index (χ4n) is 4.28. The van der Waals surface area contributed by atoms with Crippen LogP contribution in [0, 0.1) is 5.92 Å². The Bertz CT molecular complexity index is 1170. The van der Waals surface area contributed by atoms with Crippen LogP contribution in [-0.2, 0) is 20.6 Å². The van der Waals surface area contributed by atoms with Gasteiger partial charge in [0, 0.05) is 0 Å². The van der Waals surface area contributed by atoms with Crippen LogP contribution in [0.3, 0.4) is 0 Å². The maximum atomic E-state index is 13.4. The SMILES string of the molecule is O=C1[C@@H]2[C@H](ON(c3ccccc3)[C@H]2c2ccccc2)C(=O)N1c1cccc(C(F)(F)F)c1. The van der Waals surface area contributed by atoms with Crippen LogP contribution in [0.15, 0.2) is 84.9 Å². The lowest BCUT2D eigenvalue weighted by atomic mass is 9.90. The molecule has 0 aromatic heterocycles. The van der Waals surface area contributed by atoms with Crippen LogP contribution in [0.5, 0.6) is 0 Å². The van der Waals surface area contributed by atoms with E-state index in [1.807, 2.05) is 48.5 Å². The molecule has 2 fully saturated rings. The highest BCUT2D eigenvalue weighted by Crippen LogP contribution is 2.47. The number of hydroxylamine groups is 1. The molecule has 0 unspecified atom stereocenters. The van der Waals surface area contributed by atoms with Gasteiger partial charge in [0.15, 0.2) is 6.10 Å².